The highest BCUT2D eigenvalue weighted by Gasteiger charge is 2.00. The number of phenols is 1. The molecule has 0 radical (unpaired) electrons. The maximum atomic E-state index is 9.37. The number of benzene rings is 3. The lowest BCUT2D eigenvalue weighted by molar-refractivity contribution is 0.0707. The fourth-order valence-corrected chi connectivity index (χ4v) is 2.26. The smallest absolute Gasteiger partial charge is 0.144 e. The van der Waals surface area contributed by atoms with Crippen LogP contribution in [0.1, 0.15) is 0 Å². The SMILES string of the molecule is Nc1ccc(N)c(OCCOCCO)c1.Oc1cccc2ccccc12. The number of hydrogen-bond acceptors (Lipinski definition) is 6. The number of nitrogen functional groups attached to an aromatic ring is 2. The topological polar surface area (TPSA) is 111 Å². The summed E-state index contributed by atoms with van der Waals surface area (Å²) in [5.41, 5.74) is 12.4. The Labute approximate surface area is 152 Å². The van der Waals surface area contributed by atoms with Crippen LogP contribution in [0.4, 0.5) is 11.4 Å². The van der Waals surface area contributed by atoms with Crippen LogP contribution in [-0.4, -0.2) is 36.6 Å². The second kappa shape index (κ2) is 10.1. The average Bonchev–Trinajstić information content (AvgIpc) is 2.65. The molecule has 0 spiro atoms. The van der Waals surface area contributed by atoms with Gasteiger partial charge in [0.15, 0.2) is 0 Å². The van der Waals surface area contributed by atoms with E-state index in [1.807, 2.05) is 36.4 Å². The van der Waals surface area contributed by atoms with E-state index >= 15 is 0 Å². The maximum Gasteiger partial charge on any atom is 0.144 e. The van der Waals surface area contributed by atoms with Gasteiger partial charge >= 0.3 is 0 Å². The van der Waals surface area contributed by atoms with Crippen molar-refractivity contribution in [3.8, 4) is 11.5 Å². The summed E-state index contributed by atoms with van der Waals surface area (Å²) in [5, 5.41) is 19.8. The molecule has 0 aliphatic carbocycles. The summed E-state index contributed by atoms with van der Waals surface area (Å²) >= 11 is 0. The van der Waals surface area contributed by atoms with Crippen LogP contribution in [0.15, 0.2) is 60.7 Å². The fourth-order valence-electron chi connectivity index (χ4n) is 2.26. The number of fused-ring (bicyclic) bond motifs is 1. The Bertz CT molecular complexity index is 819. The van der Waals surface area contributed by atoms with Gasteiger partial charge in [-0.1, -0.05) is 36.4 Å². The van der Waals surface area contributed by atoms with Crippen LogP contribution in [0.2, 0.25) is 0 Å². The third-order valence-corrected chi connectivity index (χ3v) is 3.53. The van der Waals surface area contributed by atoms with E-state index in [0.29, 0.717) is 42.7 Å². The van der Waals surface area contributed by atoms with Gasteiger partial charge in [0.1, 0.15) is 18.1 Å². The number of nitrogens with two attached hydrogens (primary N) is 2. The Hall–Kier alpha value is -2.96. The van der Waals surface area contributed by atoms with Crippen LogP contribution < -0.4 is 16.2 Å². The predicted octanol–water partition coefficient (Wildman–Crippen LogP) is 2.78. The fraction of sp³-hybridized carbons (Fsp3) is 0.200. The Morgan fingerprint density at radius 1 is 0.846 bits per heavy atom. The molecule has 0 bridgehead atoms. The summed E-state index contributed by atoms with van der Waals surface area (Å²) in [4.78, 5) is 0. The van der Waals surface area contributed by atoms with Gasteiger partial charge in [0.05, 0.1) is 25.5 Å². The molecule has 0 atom stereocenters. The number of rotatable bonds is 6. The van der Waals surface area contributed by atoms with E-state index in [1.165, 1.54) is 0 Å². The largest absolute Gasteiger partial charge is 0.507 e. The summed E-state index contributed by atoms with van der Waals surface area (Å²) in [7, 11) is 0. The number of aliphatic hydroxyl groups excluding tert-OH is 1. The molecule has 6 nitrogen and oxygen atoms in total. The Kier molecular flexibility index (Phi) is 7.54. The second-order valence-electron chi connectivity index (χ2n) is 5.48. The maximum absolute atomic E-state index is 9.37. The normalized spacial score (nSPS) is 10.2. The molecule has 26 heavy (non-hydrogen) atoms. The molecule has 3 aromatic carbocycles. The minimum atomic E-state index is 0.0143. The monoisotopic (exact) mass is 356 g/mol. The van der Waals surface area contributed by atoms with Gasteiger partial charge in [-0.05, 0) is 23.6 Å². The average molecular weight is 356 g/mol. The number of aromatic hydroxyl groups is 1. The molecule has 3 rings (SSSR count). The molecule has 0 aliphatic rings. The Morgan fingerprint density at radius 3 is 2.38 bits per heavy atom. The van der Waals surface area contributed by atoms with Crippen molar-refractivity contribution in [1.82, 2.24) is 0 Å². The molecule has 6 N–H and O–H groups in total. The van der Waals surface area contributed by atoms with Crippen LogP contribution in [0.3, 0.4) is 0 Å². The number of aliphatic hydroxyl groups is 1. The molecule has 0 aromatic heterocycles. The Morgan fingerprint density at radius 2 is 1.62 bits per heavy atom. The van der Waals surface area contributed by atoms with Gasteiger partial charge in [-0.25, -0.2) is 0 Å². The highest BCUT2D eigenvalue weighted by molar-refractivity contribution is 5.87. The van der Waals surface area contributed by atoms with Gasteiger partial charge in [0, 0.05) is 17.1 Å². The van der Waals surface area contributed by atoms with Crippen molar-refractivity contribution >= 4 is 22.1 Å². The van der Waals surface area contributed by atoms with Crippen molar-refractivity contribution < 1.29 is 19.7 Å². The predicted molar refractivity (Wildman–Crippen MR) is 104 cm³/mol. The molecule has 0 aliphatic heterocycles. The van der Waals surface area contributed by atoms with Gasteiger partial charge in [0.25, 0.3) is 0 Å². The van der Waals surface area contributed by atoms with Crippen LogP contribution in [-0.2, 0) is 4.74 Å². The first-order chi connectivity index (χ1) is 12.6. The third kappa shape index (κ3) is 5.84. The molecular weight excluding hydrogens is 332 g/mol. The molecule has 0 saturated carbocycles. The minimum absolute atomic E-state index is 0.0143. The van der Waals surface area contributed by atoms with Crippen molar-refractivity contribution in [1.29, 1.82) is 0 Å². The van der Waals surface area contributed by atoms with Crippen molar-refractivity contribution in [2.75, 3.05) is 37.9 Å². The first-order valence-corrected chi connectivity index (χ1v) is 8.25. The number of hydrogen-bond donors (Lipinski definition) is 4. The van der Waals surface area contributed by atoms with E-state index in [9.17, 15) is 5.11 Å². The molecule has 6 heteroatoms. The van der Waals surface area contributed by atoms with E-state index in [1.54, 1.807) is 24.3 Å². The molecule has 0 fully saturated rings. The van der Waals surface area contributed by atoms with Gasteiger partial charge < -0.3 is 31.2 Å². The molecule has 0 unspecified atom stereocenters. The highest BCUT2D eigenvalue weighted by atomic mass is 16.5. The third-order valence-electron chi connectivity index (χ3n) is 3.53. The molecule has 0 saturated heterocycles. The molecule has 0 amide bonds. The van der Waals surface area contributed by atoms with Gasteiger partial charge in [-0.3, -0.25) is 0 Å². The van der Waals surface area contributed by atoms with Gasteiger partial charge in [-0.2, -0.15) is 0 Å². The van der Waals surface area contributed by atoms with Crippen molar-refractivity contribution in [3.63, 3.8) is 0 Å². The Balaban J connectivity index is 0.000000195. The van der Waals surface area contributed by atoms with Gasteiger partial charge in [-0.15, -0.1) is 0 Å². The highest BCUT2D eigenvalue weighted by Crippen LogP contribution is 2.24. The summed E-state index contributed by atoms with van der Waals surface area (Å²) in [6.07, 6.45) is 0. The van der Waals surface area contributed by atoms with E-state index in [2.05, 4.69) is 0 Å². The number of anilines is 2. The van der Waals surface area contributed by atoms with Crippen LogP contribution in [0.5, 0.6) is 11.5 Å². The van der Waals surface area contributed by atoms with Crippen molar-refractivity contribution in [2.24, 2.45) is 0 Å². The summed E-state index contributed by atoms with van der Waals surface area (Å²) < 4.78 is 10.4. The van der Waals surface area contributed by atoms with Crippen molar-refractivity contribution in [3.05, 3.63) is 60.7 Å². The zero-order valence-electron chi connectivity index (χ0n) is 14.5. The summed E-state index contributed by atoms with van der Waals surface area (Å²) in [5.74, 6) is 0.908. The van der Waals surface area contributed by atoms with Gasteiger partial charge in [0.2, 0.25) is 0 Å². The lowest BCUT2D eigenvalue weighted by Gasteiger charge is -2.09. The summed E-state index contributed by atoms with van der Waals surface area (Å²) in [6.45, 7) is 1.12. The second-order valence-corrected chi connectivity index (χ2v) is 5.48. The van der Waals surface area contributed by atoms with Crippen LogP contribution in [0, 0.1) is 0 Å². The zero-order chi connectivity index (χ0) is 18.8. The minimum Gasteiger partial charge on any atom is -0.507 e. The molecular formula is C20H24N2O4. The number of phenolic OH excluding ortho intramolecular Hbond substituents is 1. The molecule has 3 aromatic rings. The number of ether oxygens (including phenoxy) is 2. The zero-order valence-corrected chi connectivity index (χ0v) is 14.5. The van der Waals surface area contributed by atoms with Crippen LogP contribution in [0.25, 0.3) is 10.8 Å². The first-order valence-electron chi connectivity index (χ1n) is 8.25. The lowest BCUT2D eigenvalue weighted by Crippen LogP contribution is -2.10. The standard InChI is InChI=1S/C10H16N2O3.C10H8O/c11-8-1-2-9(12)10(7-8)15-6-5-14-4-3-13;11-10-7-3-5-8-4-1-2-6-9(8)10/h1-2,7,13H,3-6,11-12H2;1-7,11H. The summed E-state index contributed by atoms with van der Waals surface area (Å²) in [6, 6.07) is 18.4. The molecule has 138 valence electrons. The van der Waals surface area contributed by atoms with Crippen molar-refractivity contribution in [2.45, 2.75) is 0 Å². The quantitative estimate of drug-likeness (QED) is 0.399. The van der Waals surface area contributed by atoms with E-state index < -0.39 is 0 Å². The van der Waals surface area contributed by atoms with E-state index in [0.717, 1.165) is 10.8 Å². The van der Waals surface area contributed by atoms with Crippen LogP contribution >= 0.6 is 0 Å². The van der Waals surface area contributed by atoms with E-state index in [-0.39, 0.29) is 6.61 Å². The first kappa shape index (κ1) is 19.4. The van der Waals surface area contributed by atoms with E-state index in [4.69, 9.17) is 26.0 Å². The lowest BCUT2D eigenvalue weighted by atomic mass is 10.1. The molecule has 0 heterocycles.